The number of methoxy groups -OCH3 is 1. The summed E-state index contributed by atoms with van der Waals surface area (Å²) in [5, 5.41) is 3.29. The number of hydrogen-bond donors (Lipinski definition) is 2. The van der Waals surface area contributed by atoms with Crippen LogP contribution in [0.2, 0.25) is 0 Å². The van der Waals surface area contributed by atoms with Gasteiger partial charge in [-0.1, -0.05) is 18.2 Å². The molecule has 0 unspecified atom stereocenters. The third-order valence-corrected chi connectivity index (χ3v) is 4.35. The normalized spacial score (nSPS) is 10.9. The number of nitrogens with zero attached hydrogens (tertiary/aromatic N) is 4. The number of rotatable bonds is 6. The molecule has 0 saturated carbocycles. The second-order valence-corrected chi connectivity index (χ2v) is 6.18. The van der Waals surface area contributed by atoms with Crippen molar-refractivity contribution in [2.45, 2.75) is 13.0 Å². The van der Waals surface area contributed by atoms with Crippen molar-refractivity contribution in [1.82, 2.24) is 19.5 Å². The van der Waals surface area contributed by atoms with E-state index < -0.39 is 0 Å². The first-order valence-corrected chi connectivity index (χ1v) is 8.64. The molecule has 0 aliphatic heterocycles. The Morgan fingerprint density at radius 2 is 1.93 bits per heavy atom. The molecule has 3 N–H and O–H groups in total. The third kappa shape index (κ3) is 3.67. The molecule has 0 bridgehead atoms. The zero-order chi connectivity index (χ0) is 18.6. The van der Waals surface area contributed by atoms with Gasteiger partial charge in [-0.3, -0.25) is 0 Å². The Labute approximate surface area is 156 Å². The highest BCUT2D eigenvalue weighted by molar-refractivity contribution is 5.85. The maximum atomic E-state index is 5.74. The molecule has 2 heterocycles. The minimum atomic E-state index is 0.666. The highest BCUT2D eigenvalue weighted by atomic mass is 16.5. The van der Waals surface area contributed by atoms with Gasteiger partial charge in [-0.25, -0.2) is 15.0 Å². The Balaban J connectivity index is 1.56. The minimum Gasteiger partial charge on any atom is -0.497 e. The fourth-order valence-electron chi connectivity index (χ4n) is 2.91. The summed E-state index contributed by atoms with van der Waals surface area (Å²) >= 11 is 0. The summed E-state index contributed by atoms with van der Waals surface area (Å²) in [6, 6.07) is 15.6. The topological polar surface area (TPSA) is 90.9 Å². The summed E-state index contributed by atoms with van der Waals surface area (Å²) in [7, 11) is 1.64. The predicted molar refractivity (Wildman–Crippen MR) is 106 cm³/mol. The lowest BCUT2D eigenvalue weighted by Gasteiger charge is -2.08. The lowest BCUT2D eigenvalue weighted by Crippen LogP contribution is -2.02. The smallest absolute Gasteiger partial charge is 0.165 e. The van der Waals surface area contributed by atoms with Gasteiger partial charge in [0.2, 0.25) is 0 Å². The van der Waals surface area contributed by atoms with Crippen molar-refractivity contribution in [3.63, 3.8) is 0 Å². The number of nitrogens with two attached hydrogens (primary N) is 1. The molecule has 0 saturated heterocycles. The van der Waals surface area contributed by atoms with Crippen molar-refractivity contribution in [1.29, 1.82) is 0 Å². The number of aromatic nitrogens is 4. The van der Waals surface area contributed by atoms with Crippen molar-refractivity contribution in [2.75, 3.05) is 18.2 Å². The first kappa shape index (κ1) is 16.8. The highest BCUT2D eigenvalue weighted by Crippen LogP contribution is 2.24. The molecule has 2 aromatic heterocycles. The average molecular weight is 360 g/mol. The van der Waals surface area contributed by atoms with Crippen LogP contribution in [0.25, 0.3) is 11.2 Å². The van der Waals surface area contributed by atoms with Crippen molar-refractivity contribution in [3.8, 4) is 5.75 Å². The summed E-state index contributed by atoms with van der Waals surface area (Å²) in [6.45, 7) is 0.774. The van der Waals surface area contributed by atoms with E-state index in [9.17, 15) is 0 Å². The van der Waals surface area contributed by atoms with Crippen LogP contribution in [-0.2, 0) is 13.0 Å². The third-order valence-electron chi connectivity index (χ3n) is 4.35. The number of nitrogen functional groups attached to an aromatic ring is 1. The van der Waals surface area contributed by atoms with E-state index in [0.717, 1.165) is 41.3 Å². The van der Waals surface area contributed by atoms with Gasteiger partial charge in [0.05, 0.1) is 13.4 Å². The maximum absolute atomic E-state index is 5.74. The predicted octanol–water partition coefficient (Wildman–Crippen LogP) is 3.40. The number of aryl methyl sites for hydroxylation is 2. The van der Waals surface area contributed by atoms with E-state index in [1.54, 1.807) is 19.8 Å². The van der Waals surface area contributed by atoms with Gasteiger partial charge in [0.25, 0.3) is 0 Å². The van der Waals surface area contributed by atoms with E-state index in [-0.39, 0.29) is 0 Å². The molecular weight excluding hydrogens is 340 g/mol. The van der Waals surface area contributed by atoms with Crippen LogP contribution in [0.1, 0.15) is 5.56 Å². The van der Waals surface area contributed by atoms with Gasteiger partial charge in [-0.2, -0.15) is 0 Å². The van der Waals surface area contributed by atoms with Gasteiger partial charge in [0.15, 0.2) is 17.0 Å². The van der Waals surface area contributed by atoms with E-state index >= 15 is 0 Å². The second kappa shape index (κ2) is 7.33. The van der Waals surface area contributed by atoms with Crippen molar-refractivity contribution in [3.05, 3.63) is 66.7 Å². The van der Waals surface area contributed by atoms with Gasteiger partial charge in [0, 0.05) is 24.0 Å². The van der Waals surface area contributed by atoms with Crippen LogP contribution in [0.15, 0.2) is 61.2 Å². The van der Waals surface area contributed by atoms with Crippen molar-refractivity contribution >= 4 is 28.4 Å². The average Bonchev–Trinajstić information content (AvgIpc) is 3.12. The summed E-state index contributed by atoms with van der Waals surface area (Å²) < 4.78 is 7.30. The zero-order valence-electron chi connectivity index (χ0n) is 15.0. The summed E-state index contributed by atoms with van der Waals surface area (Å²) in [5.74, 6) is 1.44. The maximum Gasteiger partial charge on any atom is 0.165 e. The summed E-state index contributed by atoms with van der Waals surface area (Å²) in [5.41, 5.74) is 10.1. The van der Waals surface area contributed by atoms with E-state index in [2.05, 4.69) is 20.3 Å². The van der Waals surface area contributed by atoms with Crippen LogP contribution >= 0.6 is 0 Å². The van der Waals surface area contributed by atoms with Crippen LogP contribution in [0.3, 0.4) is 0 Å². The number of nitrogens with one attached hydrogen (secondary N) is 1. The summed E-state index contributed by atoms with van der Waals surface area (Å²) in [6.07, 6.45) is 4.22. The SMILES string of the molecule is COc1cccc(Nc2ncnc3c2ncn3CCc2ccc(N)cc2)c1. The molecular formula is C20H20N6O. The largest absolute Gasteiger partial charge is 0.497 e. The number of hydrogen-bond acceptors (Lipinski definition) is 6. The molecule has 0 amide bonds. The molecule has 0 fully saturated rings. The Morgan fingerprint density at radius 3 is 2.74 bits per heavy atom. The van der Waals surface area contributed by atoms with E-state index in [1.807, 2.05) is 53.1 Å². The number of imidazole rings is 1. The van der Waals surface area contributed by atoms with Crippen molar-refractivity contribution < 1.29 is 4.74 Å². The van der Waals surface area contributed by atoms with Crippen LogP contribution < -0.4 is 15.8 Å². The summed E-state index contributed by atoms with van der Waals surface area (Å²) in [4.78, 5) is 13.3. The van der Waals surface area contributed by atoms with E-state index in [4.69, 9.17) is 10.5 Å². The molecule has 4 aromatic rings. The fourth-order valence-corrected chi connectivity index (χ4v) is 2.91. The molecule has 7 heteroatoms. The minimum absolute atomic E-state index is 0.666. The molecule has 2 aromatic carbocycles. The van der Waals surface area contributed by atoms with Gasteiger partial charge in [-0.05, 0) is 36.2 Å². The number of benzene rings is 2. The standard InChI is InChI=1S/C20H20N6O/c1-27-17-4-2-3-16(11-17)25-19-18-20(23-12-22-19)26(13-24-18)10-9-14-5-7-15(21)8-6-14/h2-8,11-13H,9-10,21H2,1H3,(H,22,23,25). The molecule has 0 spiro atoms. The number of anilines is 3. The Kier molecular flexibility index (Phi) is 4.57. The van der Waals surface area contributed by atoms with E-state index in [1.165, 1.54) is 5.56 Å². The van der Waals surface area contributed by atoms with Gasteiger partial charge >= 0.3 is 0 Å². The number of fused-ring (bicyclic) bond motifs is 1. The molecule has 0 aliphatic carbocycles. The molecule has 4 rings (SSSR count). The lowest BCUT2D eigenvalue weighted by atomic mass is 10.1. The first-order valence-electron chi connectivity index (χ1n) is 8.64. The van der Waals surface area contributed by atoms with Crippen LogP contribution in [0.5, 0.6) is 5.75 Å². The molecule has 0 radical (unpaired) electrons. The lowest BCUT2D eigenvalue weighted by molar-refractivity contribution is 0.415. The zero-order valence-corrected chi connectivity index (χ0v) is 15.0. The fraction of sp³-hybridized carbons (Fsp3) is 0.150. The number of ether oxygens (including phenoxy) is 1. The van der Waals surface area contributed by atoms with Crippen molar-refractivity contribution in [2.24, 2.45) is 0 Å². The first-order chi connectivity index (χ1) is 13.2. The van der Waals surface area contributed by atoms with Crippen LogP contribution in [0, 0.1) is 0 Å². The second-order valence-electron chi connectivity index (χ2n) is 6.18. The van der Waals surface area contributed by atoms with E-state index in [0.29, 0.717) is 5.82 Å². The molecule has 7 nitrogen and oxygen atoms in total. The van der Waals surface area contributed by atoms with Crippen LogP contribution in [-0.4, -0.2) is 26.6 Å². The Morgan fingerprint density at radius 1 is 1.07 bits per heavy atom. The van der Waals surface area contributed by atoms with Gasteiger partial charge in [-0.15, -0.1) is 0 Å². The molecule has 0 aliphatic rings. The van der Waals surface area contributed by atoms with Crippen LogP contribution in [0.4, 0.5) is 17.2 Å². The Bertz CT molecular complexity index is 1060. The van der Waals surface area contributed by atoms with Gasteiger partial charge < -0.3 is 20.4 Å². The molecule has 0 atom stereocenters. The monoisotopic (exact) mass is 360 g/mol. The molecule has 136 valence electrons. The Hall–Kier alpha value is -3.61. The van der Waals surface area contributed by atoms with Gasteiger partial charge in [0.1, 0.15) is 12.1 Å². The highest BCUT2D eigenvalue weighted by Gasteiger charge is 2.10. The molecule has 27 heavy (non-hydrogen) atoms. The quantitative estimate of drug-likeness (QED) is 0.512.